The number of hydrogen-bond donors (Lipinski definition) is 1. The van der Waals surface area contributed by atoms with E-state index in [0.29, 0.717) is 35.1 Å². The van der Waals surface area contributed by atoms with E-state index in [9.17, 15) is 18.0 Å². The molecule has 0 aliphatic rings. The molecular formula is C32H40ClN3O5S. The second kappa shape index (κ2) is 15.1. The number of hydrogen-bond acceptors (Lipinski definition) is 5. The van der Waals surface area contributed by atoms with E-state index in [1.165, 1.54) is 17.0 Å². The Balaban J connectivity index is 2.06. The third-order valence-corrected chi connectivity index (χ3v) is 9.17. The first-order valence-corrected chi connectivity index (χ1v) is 16.0. The van der Waals surface area contributed by atoms with Gasteiger partial charge in [-0.15, -0.1) is 0 Å². The van der Waals surface area contributed by atoms with Crippen molar-refractivity contribution >= 4 is 39.1 Å². The van der Waals surface area contributed by atoms with Gasteiger partial charge in [0.2, 0.25) is 11.8 Å². The fourth-order valence-electron chi connectivity index (χ4n) is 4.41. The number of sulfonamides is 1. The molecule has 0 saturated carbocycles. The third-order valence-electron chi connectivity index (χ3n) is 7.01. The number of halogens is 1. The Kier molecular flexibility index (Phi) is 11.8. The van der Waals surface area contributed by atoms with Gasteiger partial charge in [-0.1, -0.05) is 61.3 Å². The minimum absolute atomic E-state index is 0.0125. The molecule has 8 nitrogen and oxygen atoms in total. The number of ether oxygens (including phenoxy) is 1. The van der Waals surface area contributed by atoms with Crippen LogP contribution in [0.15, 0.2) is 77.7 Å². The van der Waals surface area contributed by atoms with Crippen LogP contribution in [0.3, 0.4) is 0 Å². The van der Waals surface area contributed by atoms with Crippen molar-refractivity contribution < 1.29 is 22.7 Å². The Hall–Kier alpha value is -3.56. The fourth-order valence-corrected chi connectivity index (χ4v) is 6.02. The predicted molar refractivity (Wildman–Crippen MR) is 167 cm³/mol. The van der Waals surface area contributed by atoms with Gasteiger partial charge in [-0.2, -0.15) is 0 Å². The zero-order chi connectivity index (χ0) is 30.9. The standard InChI is InChI=1S/C32H40ClN3O5S/c1-6-24(5)34-32(38)30(7-2)35(21-25-11-9-10-12-29(25)33)31(37)22-36(26-15-13-23(4)14-16-26)42(39,40)28-19-17-27(18-20-28)41-8-3/h9-20,24,30H,6-8,21-22H2,1-5H3,(H,34,38)/t24-,30+/m1/s1. The number of carbonyl (C=O) groups is 2. The molecule has 42 heavy (non-hydrogen) atoms. The average Bonchev–Trinajstić information content (AvgIpc) is 2.97. The summed E-state index contributed by atoms with van der Waals surface area (Å²) < 4.78 is 34.6. The smallest absolute Gasteiger partial charge is 0.264 e. The van der Waals surface area contributed by atoms with Gasteiger partial charge in [0.15, 0.2) is 0 Å². The van der Waals surface area contributed by atoms with Crippen molar-refractivity contribution in [2.75, 3.05) is 17.5 Å². The number of nitrogens with one attached hydrogen (secondary N) is 1. The van der Waals surface area contributed by atoms with E-state index in [4.69, 9.17) is 16.3 Å². The lowest BCUT2D eigenvalue weighted by Gasteiger charge is -2.34. The summed E-state index contributed by atoms with van der Waals surface area (Å²) in [5.74, 6) is -0.293. The lowest BCUT2D eigenvalue weighted by molar-refractivity contribution is -0.140. The minimum atomic E-state index is -4.18. The highest BCUT2D eigenvalue weighted by Crippen LogP contribution is 2.27. The molecule has 2 amide bonds. The Bertz CT molecular complexity index is 1450. The number of rotatable bonds is 14. The first-order valence-electron chi connectivity index (χ1n) is 14.2. The second-order valence-corrected chi connectivity index (χ2v) is 12.4. The van der Waals surface area contributed by atoms with E-state index in [0.717, 1.165) is 16.3 Å². The van der Waals surface area contributed by atoms with E-state index in [2.05, 4.69) is 5.32 Å². The molecule has 1 N–H and O–H groups in total. The topological polar surface area (TPSA) is 96.0 Å². The van der Waals surface area contributed by atoms with Crippen LogP contribution in [0.1, 0.15) is 51.7 Å². The molecule has 3 rings (SSSR count). The lowest BCUT2D eigenvalue weighted by Crippen LogP contribution is -2.53. The Morgan fingerprint density at radius 3 is 2.14 bits per heavy atom. The highest BCUT2D eigenvalue weighted by molar-refractivity contribution is 7.92. The van der Waals surface area contributed by atoms with Crippen LogP contribution >= 0.6 is 11.6 Å². The fraction of sp³-hybridized carbons (Fsp3) is 0.375. The van der Waals surface area contributed by atoms with Gasteiger partial charge in [0.25, 0.3) is 10.0 Å². The second-order valence-electron chi connectivity index (χ2n) is 10.1. The summed E-state index contributed by atoms with van der Waals surface area (Å²) in [6.07, 6.45) is 1.05. The molecule has 0 radical (unpaired) electrons. The van der Waals surface area contributed by atoms with Crippen molar-refractivity contribution in [3.05, 3.63) is 88.9 Å². The van der Waals surface area contributed by atoms with Crippen LogP contribution in [-0.4, -0.2) is 50.4 Å². The molecule has 0 unspecified atom stereocenters. The summed E-state index contributed by atoms with van der Waals surface area (Å²) in [7, 11) is -4.18. The third kappa shape index (κ3) is 8.26. The molecule has 3 aromatic rings. The van der Waals surface area contributed by atoms with E-state index < -0.39 is 28.5 Å². The first-order chi connectivity index (χ1) is 20.0. The van der Waals surface area contributed by atoms with Crippen LogP contribution < -0.4 is 14.4 Å². The quantitative estimate of drug-likeness (QED) is 0.242. The van der Waals surface area contributed by atoms with Crippen molar-refractivity contribution in [3.63, 3.8) is 0 Å². The zero-order valence-corrected chi connectivity index (χ0v) is 26.4. The molecule has 0 fully saturated rings. The monoisotopic (exact) mass is 613 g/mol. The van der Waals surface area contributed by atoms with Crippen molar-refractivity contribution in [1.29, 1.82) is 0 Å². The van der Waals surface area contributed by atoms with Gasteiger partial charge < -0.3 is 15.0 Å². The molecule has 226 valence electrons. The highest BCUT2D eigenvalue weighted by Gasteiger charge is 2.34. The van der Waals surface area contributed by atoms with Crippen molar-refractivity contribution in [3.8, 4) is 5.75 Å². The maximum Gasteiger partial charge on any atom is 0.264 e. The molecular weight excluding hydrogens is 574 g/mol. The SMILES string of the molecule is CCOc1ccc(S(=O)(=O)N(CC(=O)N(Cc2ccccc2Cl)[C@@H](CC)C(=O)N[C@H](C)CC)c2ccc(C)cc2)cc1. The predicted octanol–water partition coefficient (Wildman–Crippen LogP) is 5.96. The Morgan fingerprint density at radius 1 is 0.929 bits per heavy atom. The number of aryl methyl sites for hydroxylation is 1. The van der Waals surface area contributed by atoms with E-state index >= 15 is 0 Å². The molecule has 0 aliphatic carbocycles. The van der Waals surface area contributed by atoms with Gasteiger partial charge in [-0.05, 0) is 81.6 Å². The molecule has 0 spiro atoms. The Labute approximate surface area is 254 Å². The maximum absolute atomic E-state index is 14.2. The maximum atomic E-state index is 14.2. The normalized spacial score (nSPS) is 12.7. The summed E-state index contributed by atoms with van der Waals surface area (Å²) >= 11 is 6.46. The van der Waals surface area contributed by atoms with Crippen LogP contribution in [0.5, 0.6) is 5.75 Å². The Morgan fingerprint density at radius 2 is 1.57 bits per heavy atom. The average molecular weight is 614 g/mol. The highest BCUT2D eigenvalue weighted by atomic mass is 35.5. The molecule has 0 saturated heterocycles. The number of benzene rings is 3. The zero-order valence-electron chi connectivity index (χ0n) is 24.8. The van der Waals surface area contributed by atoms with Gasteiger partial charge >= 0.3 is 0 Å². The van der Waals surface area contributed by atoms with Crippen LogP contribution in [-0.2, 0) is 26.2 Å². The van der Waals surface area contributed by atoms with Gasteiger partial charge in [0, 0.05) is 17.6 Å². The molecule has 0 heterocycles. The summed E-state index contributed by atoms with van der Waals surface area (Å²) in [6.45, 7) is 9.38. The summed E-state index contributed by atoms with van der Waals surface area (Å²) in [5, 5.41) is 3.42. The summed E-state index contributed by atoms with van der Waals surface area (Å²) in [6, 6.07) is 19.2. The number of nitrogens with zero attached hydrogens (tertiary/aromatic N) is 2. The van der Waals surface area contributed by atoms with E-state index in [-0.39, 0.29) is 23.4 Å². The summed E-state index contributed by atoms with van der Waals surface area (Å²) in [5.41, 5.74) is 1.92. The molecule has 0 aromatic heterocycles. The molecule has 0 bridgehead atoms. The first kappa shape index (κ1) is 32.9. The van der Waals surface area contributed by atoms with Gasteiger partial charge in [-0.25, -0.2) is 8.42 Å². The van der Waals surface area contributed by atoms with Crippen LogP contribution in [0.25, 0.3) is 0 Å². The number of carbonyl (C=O) groups excluding carboxylic acids is 2. The minimum Gasteiger partial charge on any atom is -0.494 e. The summed E-state index contributed by atoms with van der Waals surface area (Å²) in [4.78, 5) is 29.0. The van der Waals surface area contributed by atoms with Gasteiger partial charge in [0.1, 0.15) is 18.3 Å². The van der Waals surface area contributed by atoms with Crippen molar-refractivity contribution in [2.24, 2.45) is 0 Å². The molecule has 2 atom stereocenters. The van der Waals surface area contributed by atoms with Gasteiger partial charge in [-0.3, -0.25) is 13.9 Å². The van der Waals surface area contributed by atoms with Crippen molar-refractivity contribution in [1.82, 2.24) is 10.2 Å². The molecule has 10 heteroatoms. The van der Waals surface area contributed by atoms with Crippen molar-refractivity contribution in [2.45, 2.75) is 71.0 Å². The van der Waals surface area contributed by atoms with E-state index in [1.54, 1.807) is 60.7 Å². The molecule has 0 aliphatic heterocycles. The van der Waals surface area contributed by atoms with Crippen LogP contribution in [0, 0.1) is 6.92 Å². The number of anilines is 1. The number of amides is 2. The molecule has 3 aromatic carbocycles. The van der Waals surface area contributed by atoms with Gasteiger partial charge in [0.05, 0.1) is 17.2 Å². The van der Waals surface area contributed by atoms with E-state index in [1.807, 2.05) is 34.6 Å². The largest absolute Gasteiger partial charge is 0.494 e. The lowest BCUT2D eigenvalue weighted by atomic mass is 10.1. The van der Waals surface area contributed by atoms with Crippen LogP contribution in [0.2, 0.25) is 5.02 Å². The van der Waals surface area contributed by atoms with Crippen LogP contribution in [0.4, 0.5) is 5.69 Å².